The zero-order chi connectivity index (χ0) is 15.2. The summed E-state index contributed by atoms with van der Waals surface area (Å²) in [4.78, 5) is 0. The van der Waals surface area contributed by atoms with Gasteiger partial charge in [0.2, 0.25) is 0 Å². The summed E-state index contributed by atoms with van der Waals surface area (Å²) in [7, 11) is 0. The first-order chi connectivity index (χ1) is 10.1. The van der Waals surface area contributed by atoms with Gasteiger partial charge in [0.1, 0.15) is 24.2 Å². The Morgan fingerprint density at radius 1 is 1.05 bits per heavy atom. The van der Waals surface area contributed by atoms with Gasteiger partial charge in [-0.1, -0.05) is 46.3 Å². The van der Waals surface area contributed by atoms with Crippen LogP contribution in [0.5, 0.6) is 11.5 Å². The predicted octanol–water partition coefficient (Wildman–Crippen LogP) is 2.76. The lowest BCUT2D eigenvalue weighted by Crippen LogP contribution is -2.19. The lowest BCUT2D eigenvalue weighted by Gasteiger charge is -2.17. The fourth-order valence-corrected chi connectivity index (χ4v) is 2.25. The van der Waals surface area contributed by atoms with E-state index >= 15 is 0 Å². The number of halogens is 1. The summed E-state index contributed by atoms with van der Waals surface area (Å²) >= 11 is 3.09. The zero-order valence-electron chi connectivity index (χ0n) is 11.3. The summed E-state index contributed by atoms with van der Waals surface area (Å²) < 4.78 is 5.58. The van der Waals surface area contributed by atoms with E-state index in [1.165, 1.54) is 6.07 Å². The second-order valence-corrected chi connectivity index (χ2v) is 5.31. The molecule has 2 aromatic rings. The van der Waals surface area contributed by atoms with Gasteiger partial charge in [-0.15, -0.1) is 0 Å². The van der Waals surface area contributed by atoms with E-state index in [0.29, 0.717) is 12.4 Å². The molecule has 4 nitrogen and oxygen atoms in total. The largest absolute Gasteiger partial charge is 0.507 e. The van der Waals surface area contributed by atoms with Gasteiger partial charge in [-0.3, -0.25) is 0 Å². The first-order valence-electron chi connectivity index (χ1n) is 6.53. The van der Waals surface area contributed by atoms with Gasteiger partial charge >= 0.3 is 0 Å². The molecule has 5 heteroatoms. The van der Waals surface area contributed by atoms with Gasteiger partial charge in [-0.25, -0.2) is 0 Å². The molecule has 0 radical (unpaired) electrons. The highest BCUT2D eigenvalue weighted by Gasteiger charge is 2.20. The highest BCUT2D eigenvalue weighted by molar-refractivity contribution is 9.09. The average molecular weight is 353 g/mol. The normalized spacial score (nSPS) is 13.7. The van der Waals surface area contributed by atoms with Gasteiger partial charge in [0.25, 0.3) is 0 Å². The van der Waals surface area contributed by atoms with Crippen LogP contribution in [0.15, 0.2) is 48.5 Å². The molecule has 21 heavy (non-hydrogen) atoms. The van der Waals surface area contributed by atoms with Gasteiger partial charge in [-0.05, 0) is 17.7 Å². The first-order valence-corrected chi connectivity index (χ1v) is 7.65. The minimum Gasteiger partial charge on any atom is -0.507 e. The Morgan fingerprint density at radius 2 is 1.76 bits per heavy atom. The fraction of sp³-hybridized carbons (Fsp3) is 0.250. The van der Waals surface area contributed by atoms with Crippen LogP contribution in [0, 0.1) is 0 Å². The Bertz CT molecular complexity index is 574. The van der Waals surface area contributed by atoms with Crippen LogP contribution in [0.4, 0.5) is 0 Å². The monoisotopic (exact) mass is 352 g/mol. The molecule has 3 N–H and O–H groups in total. The van der Waals surface area contributed by atoms with Crippen molar-refractivity contribution in [1.29, 1.82) is 0 Å². The van der Waals surface area contributed by atoms with Crippen LogP contribution in [0.25, 0.3) is 0 Å². The molecule has 2 rings (SSSR count). The first kappa shape index (κ1) is 15.8. The quantitative estimate of drug-likeness (QED) is 0.699. The third-order valence-electron chi connectivity index (χ3n) is 3.09. The zero-order valence-corrected chi connectivity index (χ0v) is 12.9. The lowest BCUT2D eigenvalue weighted by molar-refractivity contribution is 0.0327. The van der Waals surface area contributed by atoms with E-state index in [1.54, 1.807) is 12.1 Å². The van der Waals surface area contributed by atoms with Crippen molar-refractivity contribution in [3.63, 3.8) is 0 Å². The van der Waals surface area contributed by atoms with Crippen molar-refractivity contribution < 1.29 is 20.1 Å². The number of rotatable bonds is 6. The van der Waals surface area contributed by atoms with Gasteiger partial charge in [0.15, 0.2) is 0 Å². The topological polar surface area (TPSA) is 69.9 Å². The fourth-order valence-electron chi connectivity index (χ4n) is 1.90. The number of phenolic OH excluding ortho intramolecular Hbond substituents is 1. The van der Waals surface area contributed by atoms with Gasteiger partial charge in [0.05, 0.1) is 6.10 Å². The number of aromatic hydroxyl groups is 1. The Morgan fingerprint density at radius 3 is 2.38 bits per heavy atom. The lowest BCUT2D eigenvalue weighted by atomic mass is 10.0. The molecule has 112 valence electrons. The number of hydrogen-bond donors (Lipinski definition) is 3. The Kier molecular flexibility index (Phi) is 5.61. The summed E-state index contributed by atoms with van der Waals surface area (Å²) in [5.74, 6) is 0.397. The van der Waals surface area contributed by atoms with Crippen LogP contribution in [0.2, 0.25) is 0 Å². The van der Waals surface area contributed by atoms with Crippen LogP contribution in [-0.2, 0) is 6.61 Å². The minimum absolute atomic E-state index is 0.104. The Balaban J connectivity index is 2.05. The molecule has 0 heterocycles. The van der Waals surface area contributed by atoms with Crippen LogP contribution >= 0.6 is 15.9 Å². The molecular weight excluding hydrogens is 336 g/mol. The van der Waals surface area contributed by atoms with Crippen molar-refractivity contribution in [3.05, 3.63) is 59.7 Å². The van der Waals surface area contributed by atoms with Crippen molar-refractivity contribution in [1.82, 2.24) is 0 Å². The highest BCUT2D eigenvalue weighted by Crippen LogP contribution is 2.31. The Labute approximate surface area is 131 Å². The van der Waals surface area contributed by atoms with Crippen molar-refractivity contribution in [2.45, 2.75) is 18.8 Å². The maximum absolute atomic E-state index is 9.94. The number of phenols is 1. The number of aliphatic hydroxyl groups excluding tert-OH is 2. The molecule has 0 aliphatic carbocycles. The standard InChI is InChI=1S/C16H17BrO4/c17-9-15(19)16(20)13-7-6-12(8-14(13)18)21-10-11-4-2-1-3-5-11/h1-8,15-16,18-20H,9-10H2. The third kappa shape index (κ3) is 4.20. The number of aliphatic hydroxyl groups is 2. The maximum atomic E-state index is 9.94. The highest BCUT2D eigenvalue weighted by atomic mass is 79.9. The number of alkyl halides is 1. The van der Waals surface area contributed by atoms with Crippen molar-refractivity contribution >= 4 is 15.9 Å². The number of ether oxygens (including phenoxy) is 1. The molecule has 0 aromatic heterocycles. The maximum Gasteiger partial charge on any atom is 0.125 e. The smallest absolute Gasteiger partial charge is 0.125 e. The predicted molar refractivity (Wildman–Crippen MR) is 83.6 cm³/mol. The van der Waals surface area contributed by atoms with E-state index < -0.39 is 12.2 Å². The molecule has 2 aromatic carbocycles. The van der Waals surface area contributed by atoms with E-state index in [1.807, 2.05) is 30.3 Å². The SMILES string of the molecule is Oc1cc(OCc2ccccc2)ccc1C(O)C(O)CBr. The van der Waals surface area contributed by atoms with E-state index in [0.717, 1.165) is 5.56 Å². The van der Waals surface area contributed by atoms with Crippen molar-refractivity contribution in [2.24, 2.45) is 0 Å². The minimum atomic E-state index is -1.15. The molecule has 2 atom stereocenters. The second-order valence-electron chi connectivity index (χ2n) is 4.66. The van der Waals surface area contributed by atoms with E-state index in [4.69, 9.17) is 4.74 Å². The molecule has 0 spiro atoms. The summed E-state index contributed by atoms with van der Waals surface area (Å²) in [6.45, 7) is 0.395. The molecule has 0 fully saturated rings. The molecule has 0 amide bonds. The van der Waals surface area contributed by atoms with Gasteiger partial charge in [0, 0.05) is 17.0 Å². The molecular formula is C16H17BrO4. The molecule has 0 saturated heterocycles. The molecule has 0 aliphatic heterocycles. The van der Waals surface area contributed by atoms with Crippen molar-refractivity contribution in [2.75, 3.05) is 5.33 Å². The van der Waals surface area contributed by atoms with Gasteiger partial charge < -0.3 is 20.1 Å². The summed E-state index contributed by atoms with van der Waals surface area (Å²) in [5.41, 5.74) is 1.30. The summed E-state index contributed by atoms with van der Waals surface area (Å²) in [6, 6.07) is 14.3. The average Bonchev–Trinajstić information content (AvgIpc) is 2.52. The van der Waals surface area contributed by atoms with E-state index in [-0.39, 0.29) is 16.6 Å². The molecule has 0 saturated carbocycles. The molecule has 0 aliphatic rings. The number of hydrogen-bond acceptors (Lipinski definition) is 4. The van der Waals surface area contributed by atoms with Crippen LogP contribution in [0.3, 0.4) is 0 Å². The Hall–Kier alpha value is -1.56. The van der Waals surface area contributed by atoms with E-state index in [9.17, 15) is 15.3 Å². The molecule has 0 bridgehead atoms. The van der Waals surface area contributed by atoms with Crippen LogP contribution < -0.4 is 4.74 Å². The second kappa shape index (κ2) is 7.45. The summed E-state index contributed by atoms with van der Waals surface area (Å²) in [6.07, 6.45) is -2.13. The van der Waals surface area contributed by atoms with E-state index in [2.05, 4.69) is 15.9 Å². The molecule has 2 unspecified atom stereocenters. The van der Waals surface area contributed by atoms with Gasteiger partial charge in [-0.2, -0.15) is 0 Å². The van der Waals surface area contributed by atoms with Crippen LogP contribution in [-0.4, -0.2) is 26.8 Å². The number of benzene rings is 2. The van der Waals surface area contributed by atoms with Crippen molar-refractivity contribution in [3.8, 4) is 11.5 Å². The third-order valence-corrected chi connectivity index (χ3v) is 3.75. The van der Waals surface area contributed by atoms with Crippen LogP contribution in [0.1, 0.15) is 17.2 Å². The summed E-state index contributed by atoms with van der Waals surface area (Å²) in [5, 5.41) is 29.6.